The summed E-state index contributed by atoms with van der Waals surface area (Å²) in [6.45, 7) is 0.482. The largest absolute Gasteiger partial charge is 0.326 e. The van der Waals surface area contributed by atoms with Gasteiger partial charge < -0.3 is 10.3 Å². The molecule has 0 amide bonds. The van der Waals surface area contributed by atoms with Gasteiger partial charge in [-0.1, -0.05) is 11.6 Å². The lowest BCUT2D eigenvalue weighted by molar-refractivity contribution is 0.627. The number of benzene rings is 1. The van der Waals surface area contributed by atoms with E-state index in [1.54, 1.807) is 11.8 Å². The number of hydrogen-bond donors (Lipinski definition) is 1. The number of aromatic nitrogens is 3. The molecule has 2 aliphatic carbocycles. The summed E-state index contributed by atoms with van der Waals surface area (Å²) in [5, 5.41) is 10.6. The van der Waals surface area contributed by atoms with Crippen LogP contribution in [0.15, 0.2) is 28.3 Å². The first-order chi connectivity index (χ1) is 10.3. The van der Waals surface area contributed by atoms with Gasteiger partial charge in [-0.15, -0.1) is 10.2 Å². The van der Waals surface area contributed by atoms with Crippen LogP contribution < -0.4 is 5.73 Å². The van der Waals surface area contributed by atoms with Crippen molar-refractivity contribution in [2.45, 2.75) is 54.2 Å². The summed E-state index contributed by atoms with van der Waals surface area (Å²) in [4.78, 5) is 1.12. The van der Waals surface area contributed by atoms with Gasteiger partial charge in [0.2, 0.25) is 0 Å². The average molecular weight is 321 g/mol. The van der Waals surface area contributed by atoms with Crippen molar-refractivity contribution in [1.29, 1.82) is 0 Å². The van der Waals surface area contributed by atoms with E-state index in [1.807, 2.05) is 18.2 Å². The topological polar surface area (TPSA) is 56.7 Å². The lowest BCUT2D eigenvalue weighted by Gasteiger charge is -2.10. The van der Waals surface area contributed by atoms with Crippen molar-refractivity contribution in [2.24, 2.45) is 5.73 Å². The predicted octanol–water partition coefficient (Wildman–Crippen LogP) is 3.75. The normalized spacial score (nSPS) is 18.2. The fourth-order valence-electron chi connectivity index (χ4n) is 2.56. The van der Waals surface area contributed by atoms with Crippen LogP contribution in [0.5, 0.6) is 0 Å². The van der Waals surface area contributed by atoms with Gasteiger partial charge in [-0.05, 0) is 61.2 Å². The van der Waals surface area contributed by atoms with Gasteiger partial charge in [0, 0.05) is 28.4 Å². The molecule has 6 heteroatoms. The summed E-state index contributed by atoms with van der Waals surface area (Å²) >= 11 is 7.71. The van der Waals surface area contributed by atoms with Gasteiger partial charge in [-0.3, -0.25) is 0 Å². The van der Waals surface area contributed by atoms with Crippen LogP contribution in [0, 0.1) is 0 Å². The summed E-state index contributed by atoms with van der Waals surface area (Å²) < 4.78 is 2.36. The van der Waals surface area contributed by atoms with Crippen molar-refractivity contribution >= 4 is 23.4 Å². The predicted molar refractivity (Wildman–Crippen MR) is 83.7 cm³/mol. The van der Waals surface area contributed by atoms with E-state index in [1.165, 1.54) is 31.5 Å². The zero-order valence-corrected chi connectivity index (χ0v) is 13.2. The maximum absolute atomic E-state index is 6.05. The number of nitrogens with two attached hydrogens (primary N) is 1. The fourth-order valence-corrected chi connectivity index (χ4v) is 3.78. The maximum atomic E-state index is 6.05. The van der Waals surface area contributed by atoms with Crippen molar-refractivity contribution in [2.75, 3.05) is 0 Å². The average Bonchev–Trinajstić information content (AvgIpc) is 3.40. The smallest absolute Gasteiger partial charge is 0.196 e. The zero-order valence-electron chi connectivity index (χ0n) is 11.6. The summed E-state index contributed by atoms with van der Waals surface area (Å²) in [6.07, 6.45) is 5.00. The molecule has 0 radical (unpaired) electrons. The number of nitrogens with zero attached hydrogens (tertiary/aromatic N) is 3. The van der Waals surface area contributed by atoms with E-state index >= 15 is 0 Å². The van der Waals surface area contributed by atoms with E-state index in [-0.39, 0.29) is 0 Å². The molecular weight excluding hydrogens is 304 g/mol. The van der Waals surface area contributed by atoms with Crippen LogP contribution in [-0.2, 0) is 6.54 Å². The summed E-state index contributed by atoms with van der Waals surface area (Å²) in [5.74, 6) is 1.81. The Morgan fingerprint density at radius 1 is 1.24 bits per heavy atom. The van der Waals surface area contributed by atoms with Crippen molar-refractivity contribution in [3.05, 3.63) is 34.6 Å². The van der Waals surface area contributed by atoms with Crippen molar-refractivity contribution in [3.8, 4) is 0 Å². The number of hydrogen-bond acceptors (Lipinski definition) is 4. The first kappa shape index (κ1) is 13.6. The maximum Gasteiger partial charge on any atom is 0.196 e. The molecule has 4 nitrogen and oxygen atoms in total. The summed E-state index contributed by atoms with van der Waals surface area (Å²) in [6, 6.07) is 6.47. The molecule has 1 aromatic carbocycles. The monoisotopic (exact) mass is 320 g/mol. The Hall–Kier alpha value is -1.04. The fraction of sp³-hybridized carbons (Fsp3) is 0.467. The zero-order chi connectivity index (χ0) is 14.4. The molecule has 0 spiro atoms. The van der Waals surface area contributed by atoms with Crippen molar-refractivity contribution < 1.29 is 0 Å². The Balaban J connectivity index is 1.68. The van der Waals surface area contributed by atoms with Gasteiger partial charge in [0.05, 0.1) is 0 Å². The Bertz CT molecular complexity index is 676. The molecule has 2 fully saturated rings. The minimum atomic E-state index is 0.482. The van der Waals surface area contributed by atoms with E-state index in [4.69, 9.17) is 17.3 Å². The molecule has 110 valence electrons. The highest BCUT2D eigenvalue weighted by Gasteiger charge is 2.36. The second-order valence-electron chi connectivity index (χ2n) is 5.77. The minimum absolute atomic E-state index is 0.482. The van der Waals surface area contributed by atoms with E-state index < -0.39 is 0 Å². The second-order valence-corrected chi connectivity index (χ2v) is 7.22. The van der Waals surface area contributed by atoms with Crippen LogP contribution in [0.25, 0.3) is 0 Å². The van der Waals surface area contributed by atoms with Crippen LogP contribution in [0.2, 0.25) is 5.02 Å². The van der Waals surface area contributed by atoms with Gasteiger partial charge in [-0.25, -0.2) is 0 Å². The molecule has 21 heavy (non-hydrogen) atoms. The molecular formula is C15H17ClN4S. The van der Waals surface area contributed by atoms with Gasteiger partial charge in [-0.2, -0.15) is 0 Å². The molecule has 2 aromatic rings. The Kier molecular flexibility index (Phi) is 3.44. The number of rotatable bonds is 5. The SMILES string of the molecule is NCc1cc(Cl)ccc1Sc1nnc(C2CC2)n1C1CC1. The van der Waals surface area contributed by atoms with Crippen LogP contribution in [0.4, 0.5) is 0 Å². The second kappa shape index (κ2) is 5.30. The molecule has 0 atom stereocenters. The van der Waals surface area contributed by atoms with Crippen LogP contribution >= 0.6 is 23.4 Å². The quantitative estimate of drug-likeness (QED) is 0.911. The summed E-state index contributed by atoms with van der Waals surface area (Å²) in [5.41, 5.74) is 6.89. The third kappa shape index (κ3) is 2.70. The van der Waals surface area contributed by atoms with E-state index in [0.29, 0.717) is 18.5 Å². The standard InChI is InChI=1S/C15H17ClN4S/c16-11-3-6-13(10(7-11)8-17)21-15-19-18-14(9-1-2-9)20(15)12-4-5-12/h3,6-7,9,12H,1-2,4-5,8,17H2. The van der Waals surface area contributed by atoms with Crippen molar-refractivity contribution in [1.82, 2.24) is 14.8 Å². The molecule has 1 heterocycles. The first-order valence-corrected chi connectivity index (χ1v) is 8.57. The first-order valence-electron chi connectivity index (χ1n) is 7.37. The highest BCUT2D eigenvalue weighted by Crippen LogP contribution is 2.47. The molecule has 2 aliphatic rings. The molecule has 0 saturated heterocycles. The third-order valence-corrected chi connectivity index (χ3v) is 5.30. The lowest BCUT2D eigenvalue weighted by Crippen LogP contribution is -2.03. The lowest BCUT2D eigenvalue weighted by atomic mass is 10.2. The van der Waals surface area contributed by atoms with Gasteiger partial charge in [0.1, 0.15) is 5.82 Å². The Morgan fingerprint density at radius 3 is 2.71 bits per heavy atom. The van der Waals surface area contributed by atoms with Crippen LogP contribution in [0.1, 0.15) is 49.0 Å². The molecule has 2 N–H and O–H groups in total. The van der Waals surface area contributed by atoms with E-state index in [9.17, 15) is 0 Å². The molecule has 0 aliphatic heterocycles. The van der Waals surface area contributed by atoms with Crippen molar-refractivity contribution in [3.63, 3.8) is 0 Å². The van der Waals surface area contributed by atoms with Crippen LogP contribution in [0.3, 0.4) is 0 Å². The van der Waals surface area contributed by atoms with Crippen LogP contribution in [-0.4, -0.2) is 14.8 Å². The number of halogens is 1. The van der Waals surface area contributed by atoms with Gasteiger partial charge in [0.25, 0.3) is 0 Å². The summed E-state index contributed by atoms with van der Waals surface area (Å²) in [7, 11) is 0. The molecule has 2 saturated carbocycles. The molecule has 4 rings (SSSR count). The highest BCUT2D eigenvalue weighted by molar-refractivity contribution is 7.99. The van der Waals surface area contributed by atoms with E-state index in [0.717, 1.165) is 20.6 Å². The molecule has 0 bridgehead atoms. The Labute approximate surface area is 133 Å². The Morgan fingerprint density at radius 2 is 2.05 bits per heavy atom. The third-order valence-electron chi connectivity index (χ3n) is 3.99. The highest BCUT2D eigenvalue weighted by atomic mass is 35.5. The molecule has 0 unspecified atom stereocenters. The van der Waals surface area contributed by atoms with Gasteiger partial charge >= 0.3 is 0 Å². The van der Waals surface area contributed by atoms with Gasteiger partial charge in [0.15, 0.2) is 5.16 Å². The van der Waals surface area contributed by atoms with E-state index in [2.05, 4.69) is 14.8 Å². The minimum Gasteiger partial charge on any atom is -0.326 e. The molecule has 1 aromatic heterocycles.